The van der Waals surface area contributed by atoms with Crippen molar-refractivity contribution < 1.29 is 4.79 Å². The summed E-state index contributed by atoms with van der Waals surface area (Å²) in [4.78, 5) is 33.4. The second kappa shape index (κ2) is 5.83. The molecule has 130 valence electrons. The van der Waals surface area contributed by atoms with E-state index in [9.17, 15) is 9.59 Å². The molecule has 25 heavy (non-hydrogen) atoms. The van der Waals surface area contributed by atoms with Gasteiger partial charge in [0, 0.05) is 18.8 Å². The van der Waals surface area contributed by atoms with Crippen molar-refractivity contribution in [2.45, 2.75) is 39.2 Å². The van der Waals surface area contributed by atoms with Crippen molar-refractivity contribution in [3.8, 4) is 0 Å². The predicted octanol–water partition coefficient (Wildman–Crippen LogP) is 1.12. The molecule has 0 aliphatic carbocycles. The van der Waals surface area contributed by atoms with Gasteiger partial charge in [-0.2, -0.15) is 10.2 Å². The van der Waals surface area contributed by atoms with Gasteiger partial charge in [-0.25, -0.2) is 19.4 Å². The van der Waals surface area contributed by atoms with E-state index in [0.29, 0.717) is 17.9 Å². The van der Waals surface area contributed by atoms with Crippen molar-refractivity contribution in [2.75, 3.05) is 6.54 Å². The van der Waals surface area contributed by atoms with E-state index in [0.717, 1.165) is 36.3 Å². The molecule has 3 aromatic heterocycles. The van der Waals surface area contributed by atoms with Gasteiger partial charge in [0.25, 0.3) is 5.91 Å². The van der Waals surface area contributed by atoms with E-state index >= 15 is 0 Å². The van der Waals surface area contributed by atoms with Gasteiger partial charge in [-0.05, 0) is 33.1 Å². The third-order valence-electron chi connectivity index (χ3n) is 4.68. The van der Waals surface area contributed by atoms with E-state index in [4.69, 9.17) is 0 Å². The molecule has 9 heteroatoms. The number of carbonyl (C=O) groups excluding carboxylic acids is 1. The second-order valence-electron chi connectivity index (χ2n) is 6.39. The molecular formula is C16H19N7O2. The molecule has 4 rings (SSSR count). The largest absolute Gasteiger partial charge is 0.340 e. The number of hydrogen-bond acceptors (Lipinski definition) is 5. The zero-order chi connectivity index (χ0) is 17.6. The smallest absolute Gasteiger partial charge is 0.328 e. The van der Waals surface area contributed by atoms with Crippen molar-refractivity contribution in [1.29, 1.82) is 0 Å². The van der Waals surface area contributed by atoms with Crippen LogP contribution in [0.15, 0.2) is 17.1 Å². The van der Waals surface area contributed by atoms with Crippen LogP contribution < -0.4 is 5.69 Å². The van der Waals surface area contributed by atoms with E-state index in [-0.39, 0.29) is 17.6 Å². The zero-order valence-corrected chi connectivity index (χ0v) is 14.1. The lowest BCUT2D eigenvalue weighted by molar-refractivity contribution is 0.0598. The number of fused-ring (bicyclic) bond motifs is 1. The highest BCUT2D eigenvalue weighted by Crippen LogP contribution is 2.30. The Morgan fingerprint density at radius 2 is 2.16 bits per heavy atom. The fraction of sp³-hybridized carbons (Fsp3) is 0.438. The first-order valence-electron chi connectivity index (χ1n) is 8.32. The van der Waals surface area contributed by atoms with Crippen LogP contribution >= 0.6 is 0 Å². The Bertz CT molecular complexity index is 999. The summed E-state index contributed by atoms with van der Waals surface area (Å²) >= 11 is 0. The van der Waals surface area contributed by atoms with Crippen LogP contribution in [0.5, 0.6) is 0 Å². The number of aromatic nitrogens is 6. The lowest BCUT2D eigenvalue weighted by Gasteiger charge is -2.34. The maximum Gasteiger partial charge on any atom is 0.340 e. The van der Waals surface area contributed by atoms with Crippen LogP contribution in [0.3, 0.4) is 0 Å². The van der Waals surface area contributed by atoms with Gasteiger partial charge in [-0.15, -0.1) is 0 Å². The Kier molecular flexibility index (Phi) is 3.63. The van der Waals surface area contributed by atoms with Gasteiger partial charge in [0.15, 0.2) is 11.5 Å². The molecule has 1 fully saturated rings. The number of hydrogen-bond donors (Lipinski definition) is 2. The lowest BCUT2D eigenvalue weighted by Crippen LogP contribution is -2.39. The van der Waals surface area contributed by atoms with Crippen LogP contribution in [0, 0.1) is 13.8 Å². The van der Waals surface area contributed by atoms with Crippen molar-refractivity contribution in [1.82, 2.24) is 34.7 Å². The zero-order valence-electron chi connectivity index (χ0n) is 14.1. The van der Waals surface area contributed by atoms with Gasteiger partial charge < -0.3 is 4.90 Å². The topological polar surface area (TPSA) is 112 Å². The van der Waals surface area contributed by atoms with Crippen LogP contribution in [-0.4, -0.2) is 47.1 Å². The summed E-state index contributed by atoms with van der Waals surface area (Å²) in [6, 6.07) is 1.63. The molecule has 1 saturated heterocycles. The monoisotopic (exact) mass is 341 g/mol. The average molecular weight is 341 g/mol. The van der Waals surface area contributed by atoms with Crippen LogP contribution in [0.2, 0.25) is 0 Å². The number of H-pyrrole nitrogens is 2. The summed E-state index contributed by atoms with van der Waals surface area (Å²) in [5.74, 6) is 0.383. The summed E-state index contributed by atoms with van der Waals surface area (Å²) < 4.78 is 1.69. The van der Waals surface area contributed by atoms with Gasteiger partial charge in [0.1, 0.15) is 0 Å². The molecule has 9 nitrogen and oxygen atoms in total. The third-order valence-corrected chi connectivity index (χ3v) is 4.68. The fourth-order valence-electron chi connectivity index (χ4n) is 3.43. The highest BCUT2D eigenvalue weighted by atomic mass is 16.2. The van der Waals surface area contributed by atoms with E-state index in [1.807, 2.05) is 19.9 Å². The quantitative estimate of drug-likeness (QED) is 0.725. The summed E-state index contributed by atoms with van der Waals surface area (Å²) in [7, 11) is 0. The number of piperidine rings is 1. The first-order valence-corrected chi connectivity index (χ1v) is 8.32. The van der Waals surface area contributed by atoms with E-state index in [2.05, 4.69) is 25.3 Å². The van der Waals surface area contributed by atoms with Gasteiger partial charge in [-0.3, -0.25) is 9.78 Å². The molecular weight excluding hydrogens is 322 g/mol. The standard InChI is InChI=1S/C16H19N7O2/c1-9-7-13-17-8-11(10(2)23(13)21-9)15(24)22-6-4-3-5-12(22)14-18-16(25)20-19-14/h7-8,12H,3-6H2,1-2H3,(H2,18,19,20,25). The molecule has 0 spiro atoms. The molecule has 3 aromatic rings. The first kappa shape index (κ1) is 15.6. The Morgan fingerprint density at radius 1 is 1.32 bits per heavy atom. The number of likely N-dealkylation sites (tertiary alicyclic amines) is 1. The maximum absolute atomic E-state index is 13.2. The summed E-state index contributed by atoms with van der Waals surface area (Å²) in [5, 5.41) is 10.8. The Labute approximate surface area is 143 Å². The molecule has 0 saturated carbocycles. The van der Waals surface area contributed by atoms with Crippen LogP contribution in [0.4, 0.5) is 0 Å². The molecule has 0 aromatic carbocycles. The van der Waals surface area contributed by atoms with Crippen LogP contribution in [-0.2, 0) is 0 Å². The van der Waals surface area contributed by atoms with Crippen LogP contribution in [0.25, 0.3) is 5.65 Å². The molecule has 0 radical (unpaired) electrons. The Morgan fingerprint density at radius 3 is 2.92 bits per heavy atom. The van der Waals surface area contributed by atoms with E-state index < -0.39 is 0 Å². The highest BCUT2D eigenvalue weighted by Gasteiger charge is 2.32. The number of amides is 1. The van der Waals surface area contributed by atoms with Crippen molar-refractivity contribution in [3.63, 3.8) is 0 Å². The third kappa shape index (κ3) is 2.61. The molecule has 1 aliphatic rings. The van der Waals surface area contributed by atoms with Gasteiger partial charge in [0.2, 0.25) is 0 Å². The molecule has 4 heterocycles. The highest BCUT2D eigenvalue weighted by molar-refractivity contribution is 5.95. The minimum Gasteiger partial charge on any atom is -0.328 e. The van der Waals surface area contributed by atoms with Crippen LogP contribution in [0.1, 0.15) is 52.9 Å². The minimum atomic E-state index is -0.362. The number of carbonyl (C=O) groups is 1. The SMILES string of the molecule is Cc1cc2ncc(C(=O)N3CCCCC3c3n[nH]c(=O)[nH]3)c(C)n2n1. The van der Waals surface area contributed by atoms with E-state index in [1.165, 1.54) is 0 Å². The molecule has 1 amide bonds. The number of rotatable bonds is 2. The predicted molar refractivity (Wildman–Crippen MR) is 89.3 cm³/mol. The summed E-state index contributed by atoms with van der Waals surface area (Å²) in [6.45, 7) is 4.38. The maximum atomic E-state index is 13.2. The number of nitrogens with one attached hydrogen (secondary N) is 2. The number of nitrogens with zero attached hydrogens (tertiary/aromatic N) is 5. The van der Waals surface area contributed by atoms with Gasteiger partial charge in [-0.1, -0.05) is 0 Å². The summed E-state index contributed by atoms with van der Waals surface area (Å²) in [6.07, 6.45) is 4.28. The van der Waals surface area contributed by atoms with Gasteiger partial charge >= 0.3 is 5.69 Å². The summed E-state index contributed by atoms with van der Waals surface area (Å²) in [5.41, 5.74) is 2.48. The molecule has 0 bridgehead atoms. The Hall–Kier alpha value is -2.97. The lowest BCUT2D eigenvalue weighted by atomic mass is 10.00. The molecule has 2 N–H and O–H groups in total. The minimum absolute atomic E-state index is 0.117. The van der Waals surface area contributed by atoms with Crippen molar-refractivity contribution in [2.24, 2.45) is 0 Å². The molecule has 1 unspecified atom stereocenters. The molecule has 1 aliphatic heterocycles. The fourth-order valence-corrected chi connectivity index (χ4v) is 3.43. The average Bonchev–Trinajstić information content (AvgIpc) is 3.20. The normalized spacial score (nSPS) is 18.0. The molecule has 1 atom stereocenters. The van der Waals surface area contributed by atoms with Crippen molar-refractivity contribution >= 4 is 11.6 Å². The Balaban J connectivity index is 1.73. The first-order chi connectivity index (χ1) is 12.0. The van der Waals surface area contributed by atoms with E-state index in [1.54, 1.807) is 15.6 Å². The van der Waals surface area contributed by atoms with Crippen molar-refractivity contribution in [3.05, 3.63) is 45.5 Å². The second-order valence-corrected chi connectivity index (χ2v) is 6.39. The number of aryl methyl sites for hydroxylation is 2. The van der Waals surface area contributed by atoms with Gasteiger partial charge in [0.05, 0.1) is 23.0 Å². The number of aromatic amines is 2.